The van der Waals surface area contributed by atoms with Crippen molar-refractivity contribution in [3.05, 3.63) is 65.5 Å². The van der Waals surface area contributed by atoms with Crippen LogP contribution in [0.4, 0.5) is 0 Å². The number of ether oxygens (including phenoxy) is 1. The molecule has 2 heterocycles. The van der Waals surface area contributed by atoms with E-state index in [2.05, 4.69) is 33.8 Å². The van der Waals surface area contributed by atoms with Gasteiger partial charge in [0.05, 0.1) is 6.42 Å². The highest BCUT2D eigenvalue weighted by Gasteiger charge is 2.29. The maximum atomic E-state index is 11.1. The Balaban J connectivity index is 1.39. The van der Waals surface area contributed by atoms with Gasteiger partial charge in [0.2, 0.25) is 0 Å². The first kappa shape index (κ1) is 18.3. The van der Waals surface area contributed by atoms with Gasteiger partial charge in [-0.2, -0.15) is 0 Å². The Morgan fingerprint density at radius 1 is 1.31 bits per heavy atom. The predicted octanol–water partition coefficient (Wildman–Crippen LogP) is 4.82. The van der Waals surface area contributed by atoms with Gasteiger partial charge in [-0.25, -0.2) is 4.98 Å². The summed E-state index contributed by atoms with van der Waals surface area (Å²) in [7, 11) is 2.02. The highest BCUT2D eigenvalue weighted by Crippen LogP contribution is 2.44. The molecule has 0 amide bonds. The maximum absolute atomic E-state index is 11.1. The third-order valence-electron chi connectivity index (χ3n) is 5.84. The molecule has 0 radical (unpaired) electrons. The number of aliphatic carboxylic acids is 1. The molecule has 2 aromatic carbocycles. The molecule has 1 unspecified atom stereocenters. The largest absolute Gasteiger partial charge is 0.486 e. The molecule has 0 saturated heterocycles. The molecule has 148 valence electrons. The van der Waals surface area contributed by atoms with Crippen molar-refractivity contribution in [3.8, 4) is 17.1 Å². The molecule has 1 aliphatic heterocycles. The van der Waals surface area contributed by atoms with Crippen molar-refractivity contribution in [2.45, 2.75) is 36.2 Å². The number of fused-ring (bicyclic) bond motifs is 2. The van der Waals surface area contributed by atoms with E-state index < -0.39 is 5.97 Å². The fourth-order valence-corrected chi connectivity index (χ4v) is 5.73. The second-order valence-corrected chi connectivity index (χ2v) is 8.75. The van der Waals surface area contributed by atoms with Crippen molar-refractivity contribution < 1.29 is 14.6 Å². The average Bonchev–Trinajstić information content (AvgIpc) is 3.41. The summed E-state index contributed by atoms with van der Waals surface area (Å²) in [5.74, 6) is 2.02. The number of carboxylic acid groups (broad SMARTS) is 1. The molecule has 29 heavy (non-hydrogen) atoms. The smallest absolute Gasteiger partial charge is 0.303 e. The van der Waals surface area contributed by atoms with E-state index in [0.717, 1.165) is 40.6 Å². The van der Waals surface area contributed by atoms with Gasteiger partial charge >= 0.3 is 5.97 Å². The van der Waals surface area contributed by atoms with Crippen LogP contribution in [0, 0.1) is 0 Å². The van der Waals surface area contributed by atoms with Crippen molar-refractivity contribution in [1.82, 2.24) is 9.55 Å². The molecule has 0 fully saturated rings. The molecule has 5 nitrogen and oxygen atoms in total. The number of imidazole rings is 1. The van der Waals surface area contributed by atoms with Gasteiger partial charge in [0.15, 0.2) is 0 Å². The van der Waals surface area contributed by atoms with Crippen molar-refractivity contribution in [3.63, 3.8) is 0 Å². The van der Waals surface area contributed by atoms with E-state index in [1.807, 2.05) is 31.6 Å². The number of thioether (sulfide) groups is 1. The molecule has 1 aliphatic carbocycles. The van der Waals surface area contributed by atoms with Crippen LogP contribution in [0.15, 0.2) is 53.7 Å². The number of hydrogen-bond donors (Lipinski definition) is 1. The van der Waals surface area contributed by atoms with Gasteiger partial charge in [-0.3, -0.25) is 4.79 Å². The summed E-state index contributed by atoms with van der Waals surface area (Å²) in [6.45, 7) is 0. The standard InChI is InChI=1S/C23H22N2O3S/c1-25-10-9-24-23(25)19-4-2-3-18-17(19)7-8-20(18)28-15-5-6-16-14(11-22(26)27)13-29-21(16)12-15/h2-6,9-10,12,14,20H,7-8,11,13H2,1H3,(H,26,27)/t14-,20?/m1/s1. The number of nitrogens with zero attached hydrogens (tertiary/aromatic N) is 2. The second-order valence-electron chi connectivity index (χ2n) is 7.69. The Morgan fingerprint density at radius 2 is 2.21 bits per heavy atom. The molecule has 0 bridgehead atoms. The van der Waals surface area contributed by atoms with Gasteiger partial charge in [-0.05, 0) is 41.7 Å². The van der Waals surface area contributed by atoms with Crippen LogP contribution in [0.1, 0.15) is 41.6 Å². The summed E-state index contributed by atoms with van der Waals surface area (Å²) in [6.07, 6.45) is 5.94. The minimum Gasteiger partial charge on any atom is -0.486 e. The summed E-state index contributed by atoms with van der Waals surface area (Å²) >= 11 is 1.72. The van der Waals surface area contributed by atoms with Crippen LogP contribution in [0.5, 0.6) is 5.75 Å². The maximum Gasteiger partial charge on any atom is 0.303 e. The average molecular weight is 407 g/mol. The number of carbonyl (C=O) groups is 1. The highest BCUT2D eigenvalue weighted by molar-refractivity contribution is 7.99. The minimum atomic E-state index is -0.741. The second kappa shape index (κ2) is 7.26. The molecule has 2 atom stereocenters. The molecule has 3 aromatic rings. The Kier molecular flexibility index (Phi) is 4.59. The number of aromatic nitrogens is 2. The molecule has 6 heteroatoms. The number of aryl methyl sites for hydroxylation is 1. The lowest BCUT2D eigenvalue weighted by Gasteiger charge is -2.17. The fraction of sp³-hybridized carbons (Fsp3) is 0.304. The van der Waals surface area contributed by atoms with Crippen LogP contribution < -0.4 is 4.74 Å². The summed E-state index contributed by atoms with van der Waals surface area (Å²) < 4.78 is 8.44. The van der Waals surface area contributed by atoms with Crippen molar-refractivity contribution >= 4 is 17.7 Å². The van der Waals surface area contributed by atoms with Gasteiger partial charge in [0, 0.05) is 41.6 Å². The molecule has 1 aromatic heterocycles. The summed E-state index contributed by atoms with van der Waals surface area (Å²) in [6, 6.07) is 12.5. The van der Waals surface area contributed by atoms with Crippen molar-refractivity contribution in [2.75, 3.05) is 5.75 Å². The number of benzene rings is 2. The quantitative estimate of drug-likeness (QED) is 0.658. The first-order chi connectivity index (χ1) is 14.1. The van der Waals surface area contributed by atoms with Gasteiger partial charge in [-0.1, -0.05) is 24.3 Å². The highest BCUT2D eigenvalue weighted by atomic mass is 32.2. The van der Waals surface area contributed by atoms with Crippen LogP contribution in [-0.2, 0) is 18.3 Å². The Bertz CT molecular complexity index is 1090. The zero-order valence-corrected chi connectivity index (χ0v) is 17.0. The van der Waals surface area contributed by atoms with E-state index in [1.54, 1.807) is 11.8 Å². The molecular weight excluding hydrogens is 384 g/mol. The van der Waals surface area contributed by atoms with Gasteiger partial charge in [0.1, 0.15) is 17.7 Å². The van der Waals surface area contributed by atoms with E-state index in [-0.39, 0.29) is 18.4 Å². The normalized spacial score (nSPS) is 19.8. The molecule has 5 rings (SSSR count). The lowest BCUT2D eigenvalue weighted by molar-refractivity contribution is -0.137. The first-order valence-electron chi connectivity index (χ1n) is 9.85. The zero-order valence-electron chi connectivity index (χ0n) is 16.2. The Labute approximate surface area is 173 Å². The summed E-state index contributed by atoms with van der Waals surface area (Å²) in [5.41, 5.74) is 4.88. The van der Waals surface area contributed by atoms with Crippen molar-refractivity contribution in [1.29, 1.82) is 0 Å². The van der Waals surface area contributed by atoms with Crippen LogP contribution in [0.3, 0.4) is 0 Å². The lowest BCUT2D eigenvalue weighted by Crippen LogP contribution is -2.06. The van der Waals surface area contributed by atoms with Crippen molar-refractivity contribution in [2.24, 2.45) is 7.05 Å². The third-order valence-corrected chi connectivity index (χ3v) is 7.08. The minimum absolute atomic E-state index is 0.0319. The van der Waals surface area contributed by atoms with E-state index in [1.165, 1.54) is 16.7 Å². The van der Waals surface area contributed by atoms with Gasteiger partial charge in [-0.15, -0.1) is 11.8 Å². The number of carboxylic acids is 1. The lowest BCUT2D eigenvalue weighted by atomic mass is 9.98. The molecular formula is C23H22N2O3S. The SMILES string of the molecule is Cn1ccnc1-c1cccc2c1CCC2Oc1ccc2c(c1)SC[C@H]2CC(=O)O. The topological polar surface area (TPSA) is 64.4 Å². The zero-order chi connectivity index (χ0) is 20.0. The first-order valence-corrected chi connectivity index (χ1v) is 10.8. The Morgan fingerprint density at radius 3 is 3.00 bits per heavy atom. The molecule has 0 saturated carbocycles. The summed E-state index contributed by atoms with van der Waals surface area (Å²) in [4.78, 5) is 16.7. The van der Waals surface area contributed by atoms with Gasteiger partial charge in [0.25, 0.3) is 0 Å². The van der Waals surface area contributed by atoms with Crippen LogP contribution >= 0.6 is 11.8 Å². The third kappa shape index (κ3) is 3.31. The molecule has 0 spiro atoms. The van der Waals surface area contributed by atoms with Crippen LogP contribution in [0.2, 0.25) is 0 Å². The molecule has 2 aliphatic rings. The Hall–Kier alpha value is -2.73. The number of rotatable bonds is 5. The van der Waals surface area contributed by atoms with E-state index in [4.69, 9.17) is 9.84 Å². The summed E-state index contributed by atoms with van der Waals surface area (Å²) in [5, 5.41) is 9.10. The molecule has 1 N–H and O–H groups in total. The fourth-order valence-electron chi connectivity index (χ4n) is 4.45. The van der Waals surface area contributed by atoms with E-state index in [9.17, 15) is 4.79 Å². The predicted molar refractivity (Wildman–Crippen MR) is 112 cm³/mol. The van der Waals surface area contributed by atoms with E-state index in [0.29, 0.717) is 0 Å². The monoisotopic (exact) mass is 406 g/mol. The number of hydrogen-bond acceptors (Lipinski definition) is 4. The van der Waals surface area contributed by atoms with E-state index >= 15 is 0 Å². The van der Waals surface area contributed by atoms with Gasteiger partial charge < -0.3 is 14.4 Å². The van der Waals surface area contributed by atoms with Crippen LogP contribution in [-0.4, -0.2) is 26.4 Å². The van der Waals surface area contributed by atoms with Crippen LogP contribution in [0.25, 0.3) is 11.4 Å².